The van der Waals surface area contributed by atoms with Crippen molar-refractivity contribution in [1.82, 2.24) is 19.4 Å². The fraction of sp³-hybridized carbons (Fsp3) is 0.200. The number of amides is 1. The third kappa shape index (κ3) is 3.69. The third-order valence-corrected chi connectivity index (χ3v) is 5.50. The number of morpholine rings is 1. The molecule has 5 rings (SSSR count). The van der Waals surface area contributed by atoms with Crippen molar-refractivity contribution in [3.63, 3.8) is 0 Å². The van der Waals surface area contributed by atoms with Gasteiger partial charge in [-0.15, -0.1) is 11.3 Å². The molecule has 8 nitrogen and oxygen atoms in total. The average Bonchev–Trinajstić information content (AvgIpc) is 3.37. The molecule has 29 heavy (non-hydrogen) atoms. The van der Waals surface area contributed by atoms with Crippen molar-refractivity contribution in [2.24, 2.45) is 0 Å². The van der Waals surface area contributed by atoms with Crippen LogP contribution in [0.15, 0.2) is 54.4 Å². The number of nitrogens with one attached hydrogen (secondary N) is 1. The zero-order valence-corrected chi connectivity index (χ0v) is 16.3. The standard InChI is InChI=1S/C20H18N6O2S/c27-19(16-11-18(22-13-21-16)25-4-7-28-8-5-25)23-15-3-1-2-14(10-15)17-12-26-6-9-29-20(26)24-17/h1-3,6,9-13H,4-5,7-8H2,(H,23,27). The molecule has 1 saturated heterocycles. The van der Waals surface area contributed by atoms with Gasteiger partial charge in [-0.05, 0) is 12.1 Å². The molecule has 1 aromatic carbocycles. The van der Waals surface area contributed by atoms with Gasteiger partial charge in [-0.1, -0.05) is 12.1 Å². The minimum absolute atomic E-state index is 0.273. The molecule has 9 heteroatoms. The van der Waals surface area contributed by atoms with Gasteiger partial charge < -0.3 is 15.0 Å². The zero-order valence-electron chi connectivity index (χ0n) is 15.5. The molecule has 4 aromatic rings. The van der Waals surface area contributed by atoms with E-state index in [4.69, 9.17) is 4.74 Å². The van der Waals surface area contributed by atoms with Crippen LogP contribution in [0.25, 0.3) is 16.2 Å². The Morgan fingerprint density at radius 1 is 1.17 bits per heavy atom. The predicted octanol–water partition coefficient (Wildman–Crippen LogP) is 2.94. The van der Waals surface area contributed by atoms with Gasteiger partial charge in [0.25, 0.3) is 5.91 Å². The quantitative estimate of drug-likeness (QED) is 0.561. The first kappa shape index (κ1) is 17.8. The lowest BCUT2D eigenvalue weighted by molar-refractivity contribution is 0.102. The van der Waals surface area contributed by atoms with Crippen LogP contribution in [0.1, 0.15) is 10.5 Å². The number of fused-ring (bicyclic) bond motifs is 1. The summed E-state index contributed by atoms with van der Waals surface area (Å²) in [5, 5.41) is 4.92. The van der Waals surface area contributed by atoms with Gasteiger partial charge in [0, 0.05) is 48.2 Å². The van der Waals surface area contributed by atoms with E-state index in [0.717, 1.165) is 35.1 Å². The van der Waals surface area contributed by atoms with Crippen LogP contribution in [0.2, 0.25) is 0 Å². The van der Waals surface area contributed by atoms with Crippen LogP contribution in [0.5, 0.6) is 0 Å². The lowest BCUT2D eigenvalue weighted by Crippen LogP contribution is -2.37. The Bertz CT molecular complexity index is 1140. The topological polar surface area (TPSA) is 84.7 Å². The summed E-state index contributed by atoms with van der Waals surface area (Å²) in [6.45, 7) is 2.82. The molecule has 0 spiro atoms. The number of imidazole rings is 1. The number of nitrogens with zero attached hydrogens (tertiary/aromatic N) is 5. The van der Waals surface area contributed by atoms with Gasteiger partial charge in [0.05, 0.1) is 18.9 Å². The van der Waals surface area contributed by atoms with E-state index < -0.39 is 0 Å². The first-order chi connectivity index (χ1) is 14.3. The summed E-state index contributed by atoms with van der Waals surface area (Å²) in [5.41, 5.74) is 2.82. The Kier molecular flexibility index (Phi) is 4.66. The van der Waals surface area contributed by atoms with Crippen LogP contribution < -0.4 is 10.2 Å². The Labute approximate surface area is 170 Å². The number of aromatic nitrogens is 4. The Hall–Kier alpha value is -3.30. The molecule has 1 amide bonds. The fourth-order valence-electron chi connectivity index (χ4n) is 3.25. The molecule has 0 aliphatic carbocycles. The molecule has 0 radical (unpaired) electrons. The number of anilines is 2. The fourth-order valence-corrected chi connectivity index (χ4v) is 3.95. The predicted molar refractivity (Wildman–Crippen MR) is 112 cm³/mol. The Balaban J connectivity index is 1.35. The van der Waals surface area contributed by atoms with Crippen molar-refractivity contribution >= 4 is 33.7 Å². The highest BCUT2D eigenvalue weighted by atomic mass is 32.1. The summed E-state index contributed by atoms with van der Waals surface area (Å²) >= 11 is 1.58. The van der Waals surface area contributed by atoms with Crippen LogP contribution in [-0.2, 0) is 4.74 Å². The van der Waals surface area contributed by atoms with Crippen LogP contribution >= 0.6 is 11.3 Å². The van der Waals surface area contributed by atoms with E-state index >= 15 is 0 Å². The summed E-state index contributed by atoms with van der Waals surface area (Å²) in [6.07, 6.45) is 5.38. The SMILES string of the molecule is O=C(Nc1cccc(-c2cn3ccsc3n2)c1)c1cc(N2CCOCC2)ncn1. The molecule has 1 fully saturated rings. The maximum absolute atomic E-state index is 12.7. The van der Waals surface area contributed by atoms with Crippen LogP contribution in [0.3, 0.4) is 0 Å². The number of thiazole rings is 1. The summed E-state index contributed by atoms with van der Waals surface area (Å²) < 4.78 is 7.35. The molecule has 146 valence electrons. The molecular formula is C20H18N6O2S. The summed E-state index contributed by atoms with van der Waals surface area (Å²) in [5.74, 6) is 0.463. The van der Waals surface area contributed by atoms with E-state index in [-0.39, 0.29) is 5.91 Å². The van der Waals surface area contributed by atoms with Crippen LogP contribution in [0.4, 0.5) is 11.5 Å². The lowest BCUT2D eigenvalue weighted by Gasteiger charge is -2.27. The third-order valence-electron chi connectivity index (χ3n) is 4.73. The first-order valence-electron chi connectivity index (χ1n) is 9.25. The minimum atomic E-state index is -0.273. The van der Waals surface area contributed by atoms with Crippen molar-refractivity contribution in [3.05, 3.63) is 60.1 Å². The van der Waals surface area contributed by atoms with E-state index in [0.29, 0.717) is 24.6 Å². The smallest absolute Gasteiger partial charge is 0.274 e. The van der Waals surface area contributed by atoms with E-state index in [1.54, 1.807) is 17.4 Å². The largest absolute Gasteiger partial charge is 0.378 e. The van der Waals surface area contributed by atoms with Gasteiger partial charge >= 0.3 is 0 Å². The van der Waals surface area contributed by atoms with E-state index in [2.05, 4.69) is 25.2 Å². The lowest BCUT2D eigenvalue weighted by atomic mass is 10.1. The highest BCUT2D eigenvalue weighted by Crippen LogP contribution is 2.24. The number of hydrogen-bond acceptors (Lipinski definition) is 7. The Morgan fingerprint density at radius 3 is 2.93 bits per heavy atom. The van der Waals surface area contributed by atoms with Crippen molar-refractivity contribution < 1.29 is 9.53 Å². The molecule has 0 bridgehead atoms. The highest BCUT2D eigenvalue weighted by Gasteiger charge is 2.16. The van der Waals surface area contributed by atoms with Gasteiger partial charge in [-0.3, -0.25) is 9.20 Å². The van der Waals surface area contributed by atoms with E-state index in [1.807, 2.05) is 46.4 Å². The molecule has 0 unspecified atom stereocenters. The molecular weight excluding hydrogens is 388 g/mol. The van der Waals surface area contributed by atoms with Crippen molar-refractivity contribution in [3.8, 4) is 11.3 Å². The summed E-state index contributed by atoms with van der Waals surface area (Å²) in [6, 6.07) is 9.35. The maximum atomic E-state index is 12.7. The second-order valence-electron chi connectivity index (χ2n) is 6.61. The molecule has 1 aliphatic rings. The van der Waals surface area contributed by atoms with Crippen molar-refractivity contribution in [2.75, 3.05) is 36.5 Å². The maximum Gasteiger partial charge on any atom is 0.274 e. The highest BCUT2D eigenvalue weighted by molar-refractivity contribution is 7.15. The zero-order chi connectivity index (χ0) is 19.6. The number of hydrogen-bond donors (Lipinski definition) is 1. The number of ether oxygens (including phenoxy) is 1. The van der Waals surface area contributed by atoms with Crippen molar-refractivity contribution in [1.29, 1.82) is 0 Å². The van der Waals surface area contributed by atoms with Gasteiger partial charge in [-0.25, -0.2) is 15.0 Å². The van der Waals surface area contributed by atoms with Crippen molar-refractivity contribution in [2.45, 2.75) is 0 Å². The Morgan fingerprint density at radius 2 is 2.07 bits per heavy atom. The normalized spacial score (nSPS) is 14.3. The van der Waals surface area contributed by atoms with Gasteiger partial charge in [0.15, 0.2) is 4.96 Å². The molecule has 0 atom stereocenters. The molecule has 1 aliphatic heterocycles. The first-order valence-corrected chi connectivity index (χ1v) is 10.1. The molecule has 0 saturated carbocycles. The second-order valence-corrected chi connectivity index (χ2v) is 7.49. The number of carbonyl (C=O) groups excluding carboxylic acids is 1. The molecule has 3 aromatic heterocycles. The molecule has 1 N–H and O–H groups in total. The number of benzene rings is 1. The van der Waals surface area contributed by atoms with Crippen LogP contribution in [0, 0.1) is 0 Å². The number of rotatable bonds is 4. The summed E-state index contributed by atoms with van der Waals surface area (Å²) in [4.78, 5) is 28.8. The van der Waals surface area contributed by atoms with E-state index in [9.17, 15) is 4.79 Å². The van der Waals surface area contributed by atoms with Gasteiger partial charge in [0.1, 0.15) is 17.8 Å². The monoisotopic (exact) mass is 406 g/mol. The van der Waals surface area contributed by atoms with Gasteiger partial charge in [-0.2, -0.15) is 0 Å². The average molecular weight is 406 g/mol. The van der Waals surface area contributed by atoms with Gasteiger partial charge in [0.2, 0.25) is 0 Å². The number of carbonyl (C=O) groups is 1. The minimum Gasteiger partial charge on any atom is -0.378 e. The second kappa shape index (κ2) is 7.61. The summed E-state index contributed by atoms with van der Waals surface area (Å²) in [7, 11) is 0. The van der Waals surface area contributed by atoms with Crippen LogP contribution in [-0.4, -0.2) is 51.6 Å². The molecule has 4 heterocycles. The van der Waals surface area contributed by atoms with E-state index in [1.165, 1.54) is 6.33 Å².